The number of nitrogens with zero attached hydrogens (tertiary/aromatic N) is 1. The van der Waals surface area contributed by atoms with Crippen LogP contribution in [0.15, 0.2) is 42.5 Å². The molecule has 0 bridgehead atoms. The minimum absolute atomic E-state index is 0.173. The summed E-state index contributed by atoms with van der Waals surface area (Å²) in [6.07, 6.45) is 0. The van der Waals surface area contributed by atoms with E-state index in [0.717, 1.165) is 5.69 Å². The van der Waals surface area contributed by atoms with Crippen LogP contribution in [0.4, 0.5) is 5.69 Å². The van der Waals surface area contributed by atoms with Gasteiger partial charge < -0.3 is 10.4 Å². The van der Waals surface area contributed by atoms with Crippen LogP contribution in [0.1, 0.15) is 26.5 Å². The number of aryl methyl sites for hydroxylation is 1. The topological polar surface area (TPSA) is 79.3 Å². The Morgan fingerprint density at radius 3 is 2.37 bits per heavy atom. The first-order chi connectivity index (χ1) is 9.06. The lowest BCUT2D eigenvalue weighted by atomic mass is 10.2. The van der Waals surface area contributed by atoms with Gasteiger partial charge in [-0.3, -0.25) is 4.79 Å². The van der Waals surface area contributed by atoms with Crippen molar-refractivity contribution in [3.63, 3.8) is 0 Å². The van der Waals surface area contributed by atoms with Crippen molar-refractivity contribution in [2.75, 3.05) is 5.32 Å². The highest BCUT2D eigenvalue weighted by molar-refractivity contribution is 6.03. The summed E-state index contributed by atoms with van der Waals surface area (Å²) in [5.74, 6) is -1.33. The van der Waals surface area contributed by atoms with E-state index in [-0.39, 0.29) is 11.5 Å². The quantitative estimate of drug-likeness (QED) is 0.883. The molecule has 0 atom stereocenters. The van der Waals surface area contributed by atoms with E-state index in [1.54, 1.807) is 25.1 Å². The van der Waals surface area contributed by atoms with Crippen molar-refractivity contribution in [1.82, 2.24) is 4.98 Å². The maximum absolute atomic E-state index is 11.9. The zero-order valence-electron chi connectivity index (χ0n) is 10.3. The Balaban J connectivity index is 2.13. The van der Waals surface area contributed by atoms with Crippen molar-refractivity contribution in [2.45, 2.75) is 6.92 Å². The van der Waals surface area contributed by atoms with Crippen LogP contribution in [-0.2, 0) is 0 Å². The molecule has 2 N–H and O–H groups in total. The lowest BCUT2D eigenvalue weighted by Gasteiger charge is -2.05. The summed E-state index contributed by atoms with van der Waals surface area (Å²) in [4.78, 5) is 26.7. The van der Waals surface area contributed by atoms with Gasteiger partial charge in [0.1, 0.15) is 5.69 Å². The molecule has 0 aliphatic carbocycles. The van der Waals surface area contributed by atoms with E-state index in [1.165, 1.54) is 24.3 Å². The molecule has 0 aliphatic heterocycles. The van der Waals surface area contributed by atoms with Crippen LogP contribution in [-0.4, -0.2) is 22.0 Å². The van der Waals surface area contributed by atoms with Crippen molar-refractivity contribution in [1.29, 1.82) is 0 Å². The number of carbonyl (C=O) groups excluding carboxylic acids is 1. The first-order valence-electron chi connectivity index (χ1n) is 5.64. The summed E-state index contributed by atoms with van der Waals surface area (Å²) in [5, 5.41) is 11.4. The van der Waals surface area contributed by atoms with Gasteiger partial charge in [0, 0.05) is 11.4 Å². The van der Waals surface area contributed by atoms with Crippen LogP contribution < -0.4 is 5.32 Å². The molecule has 1 amide bonds. The fraction of sp³-hybridized carbons (Fsp3) is 0.0714. The van der Waals surface area contributed by atoms with E-state index in [1.807, 2.05) is 0 Å². The smallest absolute Gasteiger partial charge is 0.335 e. The lowest BCUT2D eigenvalue weighted by Crippen LogP contribution is -2.14. The molecule has 1 aromatic carbocycles. The number of benzene rings is 1. The molecule has 96 valence electrons. The summed E-state index contributed by atoms with van der Waals surface area (Å²) in [6.45, 7) is 1.80. The Bertz CT molecular complexity index is 621. The minimum Gasteiger partial charge on any atom is -0.478 e. The van der Waals surface area contributed by atoms with E-state index >= 15 is 0 Å². The zero-order valence-corrected chi connectivity index (χ0v) is 10.3. The van der Waals surface area contributed by atoms with Crippen molar-refractivity contribution in [3.05, 3.63) is 59.4 Å². The molecule has 0 unspecified atom stereocenters. The average molecular weight is 256 g/mol. The Hall–Kier alpha value is -2.69. The lowest BCUT2D eigenvalue weighted by molar-refractivity contribution is 0.0696. The fourth-order valence-electron chi connectivity index (χ4n) is 1.56. The number of carboxylic acid groups (broad SMARTS) is 1. The second-order valence-corrected chi connectivity index (χ2v) is 4.00. The molecular formula is C14H12N2O3. The molecule has 1 heterocycles. The van der Waals surface area contributed by atoms with Gasteiger partial charge in [-0.05, 0) is 43.3 Å². The van der Waals surface area contributed by atoms with E-state index < -0.39 is 5.97 Å². The van der Waals surface area contributed by atoms with Crippen LogP contribution in [0.25, 0.3) is 0 Å². The van der Waals surface area contributed by atoms with Crippen LogP contribution >= 0.6 is 0 Å². The number of hydrogen-bond acceptors (Lipinski definition) is 3. The molecule has 0 spiro atoms. The molecule has 0 saturated carbocycles. The van der Waals surface area contributed by atoms with Gasteiger partial charge in [0.05, 0.1) is 5.56 Å². The highest BCUT2D eigenvalue weighted by atomic mass is 16.4. The third-order valence-electron chi connectivity index (χ3n) is 2.51. The first-order valence-corrected chi connectivity index (χ1v) is 5.64. The van der Waals surface area contributed by atoms with E-state index in [9.17, 15) is 9.59 Å². The average Bonchev–Trinajstić information content (AvgIpc) is 2.39. The molecule has 1 aromatic heterocycles. The number of rotatable bonds is 3. The van der Waals surface area contributed by atoms with Crippen LogP contribution in [0.2, 0.25) is 0 Å². The summed E-state index contributed by atoms with van der Waals surface area (Å²) < 4.78 is 0. The van der Waals surface area contributed by atoms with E-state index in [4.69, 9.17) is 5.11 Å². The second-order valence-electron chi connectivity index (χ2n) is 4.00. The molecule has 19 heavy (non-hydrogen) atoms. The third-order valence-corrected chi connectivity index (χ3v) is 2.51. The van der Waals surface area contributed by atoms with Gasteiger partial charge in [-0.1, -0.05) is 6.07 Å². The molecule has 2 aromatic rings. The van der Waals surface area contributed by atoms with Gasteiger partial charge in [0.2, 0.25) is 0 Å². The number of carboxylic acids is 1. The number of amides is 1. The predicted molar refractivity (Wildman–Crippen MR) is 70.3 cm³/mol. The Labute approximate surface area is 109 Å². The van der Waals surface area contributed by atoms with Gasteiger partial charge in [0.25, 0.3) is 5.91 Å². The molecule has 2 rings (SSSR count). The molecule has 0 fully saturated rings. The normalized spacial score (nSPS) is 9.95. The second kappa shape index (κ2) is 5.30. The minimum atomic E-state index is -1.00. The molecule has 5 heteroatoms. The number of nitrogens with one attached hydrogen (secondary N) is 1. The summed E-state index contributed by atoms with van der Waals surface area (Å²) >= 11 is 0. The number of anilines is 1. The molecule has 0 radical (unpaired) electrons. The Kier molecular flexibility index (Phi) is 3.56. The van der Waals surface area contributed by atoms with Crippen LogP contribution in [0.5, 0.6) is 0 Å². The zero-order chi connectivity index (χ0) is 13.8. The molecular weight excluding hydrogens is 244 g/mol. The van der Waals surface area contributed by atoms with Crippen LogP contribution in [0.3, 0.4) is 0 Å². The number of aromatic nitrogens is 1. The number of aromatic carboxylic acids is 1. The highest BCUT2D eigenvalue weighted by Crippen LogP contribution is 2.11. The largest absolute Gasteiger partial charge is 0.478 e. The van der Waals surface area contributed by atoms with Gasteiger partial charge in [-0.15, -0.1) is 0 Å². The highest BCUT2D eigenvalue weighted by Gasteiger charge is 2.08. The van der Waals surface area contributed by atoms with Gasteiger partial charge in [0.15, 0.2) is 0 Å². The van der Waals surface area contributed by atoms with Crippen molar-refractivity contribution in [3.8, 4) is 0 Å². The van der Waals surface area contributed by atoms with Crippen molar-refractivity contribution in [2.24, 2.45) is 0 Å². The molecule has 0 saturated heterocycles. The van der Waals surface area contributed by atoms with E-state index in [0.29, 0.717) is 11.4 Å². The van der Waals surface area contributed by atoms with Crippen molar-refractivity contribution >= 4 is 17.6 Å². The van der Waals surface area contributed by atoms with Gasteiger partial charge >= 0.3 is 5.97 Å². The number of hydrogen-bond donors (Lipinski definition) is 2. The Morgan fingerprint density at radius 1 is 1.11 bits per heavy atom. The third kappa shape index (κ3) is 3.16. The van der Waals surface area contributed by atoms with Gasteiger partial charge in [-0.2, -0.15) is 0 Å². The first kappa shape index (κ1) is 12.8. The number of carbonyl (C=O) groups is 2. The van der Waals surface area contributed by atoms with E-state index in [2.05, 4.69) is 10.3 Å². The Morgan fingerprint density at radius 2 is 1.79 bits per heavy atom. The standard InChI is InChI=1S/C14H12N2O3/c1-9-3-2-4-12(15-9)13(17)16-11-7-5-10(6-8-11)14(18)19/h2-8H,1H3,(H,16,17)(H,18,19). The SMILES string of the molecule is Cc1cccc(C(=O)Nc2ccc(C(=O)O)cc2)n1. The monoisotopic (exact) mass is 256 g/mol. The molecule has 0 aliphatic rings. The van der Waals surface area contributed by atoms with Crippen LogP contribution in [0, 0.1) is 6.92 Å². The summed E-state index contributed by atoms with van der Waals surface area (Å²) in [6, 6.07) is 11.1. The van der Waals surface area contributed by atoms with Gasteiger partial charge in [-0.25, -0.2) is 9.78 Å². The van der Waals surface area contributed by atoms with Crippen molar-refractivity contribution < 1.29 is 14.7 Å². The summed E-state index contributed by atoms with van der Waals surface area (Å²) in [5.41, 5.74) is 1.78. The maximum atomic E-state index is 11.9. The summed E-state index contributed by atoms with van der Waals surface area (Å²) in [7, 11) is 0. The number of pyridine rings is 1. The molecule has 5 nitrogen and oxygen atoms in total. The fourth-order valence-corrected chi connectivity index (χ4v) is 1.56. The maximum Gasteiger partial charge on any atom is 0.335 e. The predicted octanol–water partition coefficient (Wildman–Crippen LogP) is 2.34.